The molecule has 0 spiro atoms. The molecule has 1 unspecified atom stereocenters. The highest BCUT2D eigenvalue weighted by molar-refractivity contribution is 6.36. The van der Waals surface area contributed by atoms with Crippen LogP contribution in [0.3, 0.4) is 0 Å². The average Bonchev–Trinajstić information content (AvgIpc) is 3.22. The smallest absolute Gasteiger partial charge is 0.242 e. The van der Waals surface area contributed by atoms with Crippen LogP contribution >= 0.6 is 23.2 Å². The first-order valence-electron chi connectivity index (χ1n) is 10.4. The molecule has 2 aromatic rings. The van der Waals surface area contributed by atoms with Gasteiger partial charge in [0.25, 0.3) is 0 Å². The third-order valence-electron chi connectivity index (χ3n) is 5.73. The van der Waals surface area contributed by atoms with Crippen molar-refractivity contribution >= 4 is 35.0 Å². The third kappa shape index (κ3) is 5.77. The predicted octanol–water partition coefficient (Wildman–Crippen LogP) is 5.32. The van der Waals surface area contributed by atoms with Gasteiger partial charge in [0.1, 0.15) is 6.04 Å². The summed E-state index contributed by atoms with van der Waals surface area (Å²) < 4.78 is 0. The van der Waals surface area contributed by atoms with Crippen LogP contribution in [0.2, 0.25) is 10.0 Å². The Morgan fingerprint density at radius 3 is 2.27 bits per heavy atom. The van der Waals surface area contributed by atoms with Crippen LogP contribution in [0.1, 0.15) is 49.3 Å². The number of benzene rings is 2. The van der Waals surface area contributed by atoms with E-state index in [-0.39, 0.29) is 30.8 Å². The topological polar surface area (TPSA) is 49.4 Å². The molecule has 3 rings (SSSR count). The van der Waals surface area contributed by atoms with Crippen LogP contribution in [0.5, 0.6) is 0 Å². The number of nitrogens with zero attached hydrogens (tertiary/aromatic N) is 1. The Morgan fingerprint density at radius 1 is 1.07 bits per heavy atom. The van der Waals surface area contributed by atoms with Crippen molar-refractivity contribution in [3.05, 3.63) is 69.2 Å². The van der Waals surface area contributed by atoms with Gasteiger partial charge in [0.2, 0.25) is 11.8 Å². The summed E-state index contributed by atoms with van der Waals surface area (Å²) in [6, 6.07) is 12.7. The molecule has 1 aliphatic rings. The molecule has 30 heavy (non-hydrogen) atoms. The highest BCUT2D eigenvalue weighted by Gasteiger charge is 2.29. The fourth-order valence-corrected chi connectivity index (χ4v) is 4.33. The van der Waals surface area contributed by atoms with Crippen molar-refractivity contribution in [1.82, 2.24) is 10.2 Å². The minimum atomic E-state index is -0.629. The van der Waals surface area contributed by atoms with Gasteiger partial charge in [0.05, 0.1) is 6.42 Å². The molecule has 6 heteroatoms. The van der Waals surface area contributed by atoms with Crippen LogP contribution in [0.25, 0.3) is 0 Å². The van der Waals surface area contributed by atoms with E-state index in [4.69, 9.17) is 23.2 Å². The highest BCUT2D eigenvalue weighted by atomic mass is 35.5. The zero-order valence-electron chi connectivity index (χ0n) is 17.5. The van der Waals surface area contributed by atoms with Crippen molar-refractivity contribution in [1.29, 1.82) is 0 Å². The lowest BCUT2D eigenvalue weighted by Crippen LogP contribution is -2.50. The van der Waals surface area contributed by atoms with Gasteiger partial charge in [0, 0.05) is 28.2 Å². The van der Waals surface area contributed by atoms with Crippen molar-refractivity contribution in [2.75, 3.05) is 0 Å². The Morgan fingerprint density at radius 2 is 1.67 bits per heavy atom. The summed E-state index contributed by atoms with van der Waals surface area (Å²) in [7, 11) is 0. The molecule has 0 saturated heterocycles. The number of hydrogen-bond acceptors (Lipinski definition) is 2. The molecule has 0 bridgehead atoms. The summed E-state index contributed by atoms with van der Waals surface area (Å²) in [5.41, 5.74) is 2.69. The Balaban J connectivity index is 1.81. The first-order valence-corrected chi connectivity index (χ1v) is 11.2. The number of halogens is 2. The van der Waals surface area contributed by atoms with Gasteiger partial charge in [-0.3, -0.25) is 9.59 Å². The zero-order valence-corrected chi connectivity index (χ0v) is 19.0. The lowest BCUT2D eigenvalue weighted by atomic mass is 10.1. The average molecular weight is 447 g/mol. The van der Waals surface area contributed by atoms with Gasteiger partial charge in [-0.15, -0.1) is 0 Å². The largest absolute Gasteiger partial charge is 0.352 e. The molecule has 160 valence electrons. The zero-order chi connectivity index (χ0) is 21.7. The number of hydrogen-bond donors (Lipinski definition) is 1. The van der Waals surface area contributed by atoms with E-state index in [0.29, 0.717) is 15.6 Å². The SMILES string of the molecule is Cc1ccc(CC(=O)N(Cc2c(Cl)cccc2Cl)C(C)C(=O)NC2CCCC2)cc1. The number of aryl methyl sites for hydroxylation is 1. The quantitative estimate of drug-likeness (QED) is 0.625. The Hall–Kier alpha value is -2.04. The molecule has 1 saturated carbocycles. The first kappa shape index (κ1) is 22.6. The number of carbonyl (C=O) groups is 2. The van der Waals surface area contributed by atoms with Crippen LogP contribution in [0, 0.1) is 6.92 Å². The van der Waals surface area contributed by atoms with Gasteiger partial charge in [-0.2, -0.15) is 0 Å². The van der Waals surface area contributed by atoms with Crippen molar-refractivity contribution in [3.8, 4) is 0 Å². The molecule has 2 aromatic carbocycles. The maximum atomic E-state index is 13.3. The predicted molar refractivity (Wildman–Crippen MR) is 122 cm³/mol. The molecular weight excluding hydrogens is 419 g/mol. The number of amides is 2. The lowest BCUT2D eigenvalue weighted by Gasteiger charge is -2.30. The van der Waals surface area contributed by atoms with Crippen LogP contribution in [0.15, 0.2) is 42.5 Å². The summed E-state index contributed by atoms with van der Waals surface area (Å²) in [4.78, 5) is 27.8. The second kappa shape index (κ2) is 10.3. The van der Waals surface area contributed by atoms with Gasteiger partial charge in [-0.05, 0) is 44.4 Å². The van der Waals surface area contributed by atoms with Crippen molar-refractivity contribution in [3.63, 3.8) is 0 Å². The minimum Gasteiger partial charge on any atom is -0.352 e. The number of carbonyl (C=O) groups excluding carboxylic acids is 2. The Labute approximate surface area is 188 Å². The van der Waals surface area contributed by atoms with E-state index in [9.17, 15) is 9.59 Å². The van der Waals surface area contributed by atoms with Gasteiger partial charge in [-0.25, -0.2) is 0 Å². The normalized spacial score (nSPS) is 15.1. The fourth-order valence-electron chi connectivity index (χ4n) is 3.81. The molecule has 0 aliphatic heterocycles. The maximum absolute atomic E-state index is 13.3. The van der Waals surface area contributed by atoms with Crippen molar-refractivity contribution < 1.29 is 9.59 Å². The van der Waals surface area contributed by atoms with Crippen molar-refractivity contribution in [2.24, 2.45) is 0 Å². The van der Waals surface area contributed by atoms with Gasteiger partial charge >= 0.3 is 0 Å². The van der Waals surface area contributed by atoms with Crippen LogP contribution in [-0.4, -0.2) is 28.8 Å². The molecule has 0 radical (unpaired) electrons. The molecule has 1 aliphatic carbocycles. The lowest BCUT2D eigenvalue weighted by molar-refractivity contribution is -0.140. The third-order valence-corrected chi connectivity index (χ3v) is 6.44. The van der Waals surface area contributed by atoms with E-state index in [0.717, 1.165) is 36.8 Å². The fraction of sp³-hybridized carbons (Fsp3) is 0.417. The first-order chi connectivity index (χ1) is 14.3. The van der Waals surface area contributed by atoms with E-state index in [1.54, 1.807) is 30.0 Å². The molecule has 1 N–H and O–H groups in total. The second-order valence-electron chi connectivity index (χ2n) is 8.05. The van der Waals surface area contributed by atoms with Gasteiger partial charge < -0.3 is 10.2 Å². The Bertz CT molecular complexity index is 872. The van der Waals surface area contributed by atoms with E-state index < -0.39 is 6.04 Å². The van der Waals surface area contributed by atoms with E-state index in [2.05, 4.69) is 5.32 Å². The molecule has 2 amide bonds. The molecule has 0 aromatic heterocycles. The molecule has 1 atom stereocenters. The number of nitrogens with one attached hydrogen (secondary N) is 1. The number of rotatable bonds is 7. The summed E-state index contributed by atoms with van der Waals surface area (Å²) in [6.45, 7) is 3.96. The molecule has 1 fully saturated rings. The van der Waals surface area contributed by atoms with E-state index >= 15 is 0 Å². The van der Waals surface area contributed by atoms with E-state index in [1.807, 2.05) is 31.2 Å². The highest BCUT2D eigenvalue weighted by Crippen LogP contribution is 2.27. The molecule has 4 nitrogen and oxygen atoms in total. The molecule has 0 heterocycles. The van der Waals surface area contributed by atoms with Crippen molar-refractivity contribution in [2.45, 2.75) is 64.6 Å². The second-order valence-corrected chi connectivity index (χ2v) is 8.86. The monoisotopic (exact) mass is 446 g/mol. The van der Waals surface area contributed by atoms with Crippen LogP contribution < -0.4 is 5.32 Å². The van der Waals surface area contributed by atoms with Gasteiger partial charge in [0.15, 0.2) is 0 Å². The molecular formula is C24H28Cl2N2O2. The standard InChI is InChI=1S/C24H28Cl2N2O2/c1-16-10-12-18(13-11-16)14-23(29)28(15-20-21(25)8-5-9-22(20)26)17(2)24(30)27-19-6-3-4-7-19/h5,8-13,17,19H,3-4,6-7,14-15H2,1-2H3,(H,27,30). The Kier molecular flexibility index (Phi) is 7.79. The van der Waals surface area contributed by atoms with Crippen LogP contribution in [-0.2, 0) is 22.6 Å². The summed E-state index contributed by atoms with van der Waals surface area (Å²) in [5.74, 6) is -0.272. The summed E-state index contributed by atoms with van der Waals surface area (Å²) in [5, 5.41) is 4.07. The van der Waals surface area contributed by atoms with E-state index in [1.165, 1.54) is 0 Å². The van der Waals surface area contributed by atoms with Gasteiger partial charge in [-0.1, -0.05) is 71.9 Å². The minimum absolute atomic E-state index is 0.135. The van der Waals surface area contributed by atoms with Crippen LogP contribution in [0.4, 0.5) is 0 Å². The summed E-state index contributed by atoms with van der Waals surface area (Å²) in [6.07, 6.45) is 4.46. The maximum Gasteiger partial charge on any atom is 0.242 e. The summed E-state index contributed by atoms with van der Waals surface area (Å²) >= 11 is 12.7.